The number of rotatable bonds is 2. The number of nitrogens with zero attached hydrogens (tertiary/aromatic N) is 1. The molecule has 2 aromatic carbocycles. The first-order valence-corrected chi connectivity index (χ1v) is 8.50. The van der Waals surface area contributed by atoms with E-state index in [0.29, 0.717) is 11.4 Å². The van der Waals surface area contributed by atoms with Gasteiger partial charge in [0.2, 0.25) is 5.91 Å². The van der Waals surface area contributed by atoms with Crippen molar-refractivity contribution in [2.75, 3.05) is 0 Å². The molecule has 1 heterocycles. The second kappa shape index (κ2) is 5.86. The molecule has 0 aliphatic heterocycles. The molecule has 23 heavy (non-hydrogen) atoms. The smallest absolute Gasteiger partial charge is 0.235 e. The summed E-state index contributed by atoms with van der Waals surface area (Å²) in [6.45, 7) is 0. The number of benzene rings is 2. The van der Waals surface area contributed by atoms with Crippen molar-refractivity contribution >= 4 is 28.4 Å². The predicted molar refractivity (Wildman–Crippen MR) is 94.4 cm³/mol. The summed E-state index contributed by atoms with van der Waals surface area (Å²) in [5.41, 5.74) is 4.65. The lowest BCUT2D eigenvalue weighted by atomic mass is 9.95. The van der Waals surface area contributed by atoms with Crippen molar-refractivity contribution < 1.29 is 4.79 Å². The Bertz CT molecular complexity index is 877. The fourth-order valence-electron chi connectivity index (χ4n) is 3.64. The molecular formula is C20H18ClNO. The van der Waals surface area contributed by atoms with Crippen LogP contribution in [0.25, 0.3) is 10.9 Å². The summed E-state index contributed by atoms with van der Waals surface area (Å²) in [7, 11) is 0. The Hall–Kier alpha value is -2.06. The van der Waals surface area contributed by atoms with Gasteiger partial charge in [0, 0.05) is 16.1 Å². The van der Waals surface area contributed by atoms with Gasteiger partial charge in [-0.05, 0) is 55.0 Å². The summed E-state index contributed by atoms with van der Waals surface area (Å²) in [4.78, 5) is 13.0. The van der Waals surface area contributed by atoms with Crippen molar-refractivity contribution in [3.8, 4) is 0 Å². The van der Waals surface area contributed by atoms with Crippen LogP contribution in [-0.4, -0.2) is 10.5 Å². The van der Waals surface area contributed by atoms with Gasteiger partial charge in [0.1, 0.15) is 0 Å². The summed E-state index contributed by atoms with van der Waals surface area (Å²) in [5.74, 6) is 0.145. The van der Waals surface area contributed by atoms with Crippen LogP contribution in [0, 0.1) is 0 Å². The fourth-order valence-corrected chi connectivity index (χ4v) is 3.76. The molecule has 1 aromatic heterocycles. The van der Waals surface area contributed by atoms with Crippen LogP contribution >= 0.6 is 11.6 Å². The molecule has 0 spiro atoms. The van der Waals surface area contributed by atoms with Crippen LogP contribution in [0.2, 0.25) is 5.02 Å². The normalized spacial score (nSPS) is 14.0. The van der Waals surface area contributed by atoms with E-state index < -0.39 is 0 Å². The first-order chi connectivity index (χ1) is 11.2. The quantitative estimate of drug-likeness (QED) is 0.646. The van der Waals surface area contributed by atoms with E-state index in [1.165, 1.54) is 23.1 Å². The second-order valence-corrected chi connectivity index (χ2v) is 6.62. The Morgan fingerprint density at radius 2 is 1.74 bits per heavy atom. The number of fused-ring (bicyclic) bond motifs is 3. The van der Waals surface area contributed by atoms with Crippen LogP contribution in [0.4, 0.5) is 0 Å². The first kappa shape index (κ1) is 14.5. The van der Waals surface area contributed by atoms with Gasteiger partial charge in [0.05, 0.1) is 11.9 Å². The number of halogens is 1. The molecule has 0 saturated carbocycles. The van der Waals surface area contributed by atoms with Crippen molar-refractivity contribution in [3.05, 3.63) is 70.4 Å². The molecular weight excluding hydrogens is 306 g/mol. The first-order valence-electron chi connectivity index (χ1n) is 8.13. The molecule has 0 bridgehead atoms. The highest BCUT2D eigenvalue weighted by Gasteiger charge is 2.23. The molecule has 116 valence electrons. The summed E-state index contributed by atoms with van der Waals surface area (Å²) in [5, 5.41) is 1.94. The third kappa shape index (κ3) is 2.57. The molecule has 0 unspecified atom stereocenters. The highest BCUT2D eigenvalue weighted by Crippen LogP contribution is 2.32. The van der Waals surface area contributed by atoms with Gasteiger partial charge in [-0.3, -0.25) is 9.36 Å². The summed E-state index contributed by atoms with van der Waals surface area (Å²) >= 11 is 5.93. The highest BCUT2D eigenvalue weighted by atomic mass is 35.5. The number of carbonyl (C=O) groups is 1. The average Bonchev–Trinajstić information content (AvgIpc) is 2.91. The predicted octanol–water partition coefficient (Wildman–Crippen LogP) is 5.06. The molecule has 3 heteroatoms. The summed E-state index contributed by atoms with van der Waals surface area (Å²) in [6, 6.07) is 15.8. The lowest BCUT2D eigenvalue weighted by Gasteiger charge is -2.15. The Balaban J connectivity index is 1.78. The molecule has 0 N–H and O–H groups in total. The molecule has 0 radical (unpaired) electrons. The van der Waals surface area contributed by atoms with Crippen molar-refractivity contribution in [2.24, 2.45) is 0 Å². The van der Waals surface area contributed by atoms with Gasteiger partial charge < -0.3 is 0 Å². The number of hydrogen-bond donors (Lipinski definition) is 0. The maximum absolute atomic E-state index is 13.0. The lowest BCUT2D eigenvalue weighted by molar-refractivity contribution is 0.0916. The number of carbonyl (C=O) groups excluding carboxylic acids is 1. The molecule has 0 fully saturated rings. The molecule has 1 aliphatic carbocycles. The molecule has 0 saturated heterocycles. The van der Waals surface area contributed by atoms with Crippen LogP contribution in [0.15, 0.2) is 48.5 Å². The minimum atomic E-state index is 0.145. The minimum absolute atomic E-state index is 0.145. The molecule has 3 aromatic rings. The van der Waals surface area contributed by atoms with Crippen LogP contribution in [0.1, 0.15) is 34.5 Å². The Morgan fingerprint density at radius 3 is 2.57 bits per heavy atom. The maximum atomic E-state index is 13.0. The number of aryl methyl sites for hydroxylation is 1. The zero-order valence-electron chi connectivity index (χ0n) is 12.9. The standard InChI is InChI=1S/C20H18ClNO/c21-15-11-9-14(10-12-15)13-20(23)22-18-7-3-1-5-16(18)17-6-2-4-8-19(17)22/h1,3,5,7,9-12H,2,4,6,8,13H2. The van der Waals surface area contributed by atoms with Crippen LogP contribution in [-0.2, 0) is 19.3 Å². The zero-order chi connectivity index (χ0) is 15.8. The third-order valence-electron chi connectivity index (χ3n) is 4.70. The topological polar surface area (TPSA) is 22.0 Å². The second-order valence-electron chi connectivity index (χ2n) is 6.18. The van der Waals surface area contributed by atoms with E-state index >= 15 is 0 Å². The van der Waals surface area contributed by atoms with Crippen LogP contribution in [0.5, 0.6) is 0 Å². The van der Waals surface area contributed by atoms with Crippen molar-refractivity contribution in [1.82, 2.24) is 4.57 Å². The van der Waals surface area contributed by atoms with Gasteiger partial charge in [-0.2, -0.15) is 0 Å². The van der Waals surface area contributed by atoms with Gasteiger partial charge in [-0.25, -0.2) is 0 Å². The molecule has 2 nitrogen and oxygen atoms in total. The highest BCUT2D eigenvalue weighted by molar-refractivity contribution is 6.30. The van der Waals surface area contributed by atoms with Gasteiger partial charge in [0.25, 0.3) is 0 Å². The van der Waals surface area contributed by atoms with Gasteiger partial charge in [-0.15, -0.1) is 0 Å². The van der Waals surface area contributed by atoms with Gasteiger partial charge in [-0.1, -0.05) is 41.9 Å². The van der Waals surface area contributed by atoms with E-state index in [4.69, 9.17) is 11.6 Å². The molecule has 1 aliphatic rings. The van der Waals surface area contributed by atoms with Crippen molar-refractivity contribution in [3.63, 3.8) is 0 Å². The van der Waals surface area contributed by atoms with Gasteiger partial charge in [0.15, 0.2) is 0 Å². The molecule has 0 amide bonds. The van der Waals surface area contributed by atoms with E-state index in [9.17, 15) is 4.79 Å². The summed E-state index contributed by atoms with van der Waals surface area (Å²) in [6.07, 6.45) is 4.86. The fraction of sp³-hybridized carbons (Fsp3) is 0.250. The zero-order valence-corrected chi connectivity index (χ0v) is 13.6. The van der Waals surface area contributed by atoms with Crippen LogP contribution < -0.4 is 0 Å². The van der Waals surface area contributed by atoms with E-state index in [2.05, 4.69) is 18.2 Å². The van der Waals surface area contributed by atoms with Crippen molar-refractivity contribution in [1.29, 1.82) is 0 Å². The summed E-state index contributed by atoms with van der Waals surface area (Å²) < 4.78 is 1.96. The number of para-hydroxylation sites is 1. The van der Waals surface area contributed by atoms with E-state index in [1.807, 2.05) is 34.9 Å². The van der Waals surface area contributed by atoms with E-state index in [-0.39, 0.29) is 5.91 Å². The monoisotopic (exact) mass is 323 g/mol. The van der Waals surface area contributed by atoms with Gasteiger partial charge >= 0.3 is 0 Å². The minimum Gasteiger partial charge on any atom is -0.284 e. The SMILES string of the molecule is O=C(Cc1ccc(Cl)cc1)n1c2c(c3ccccc31)CCCC2. The average molecular weight is 324 g/mol. The van der Waals surface area contributed by atoms with E-state index in [1.54, 1.807) is 0 Å². The van der Waals surface area contributed by atoms with E-state index in [0.717, 1.165) is 30.3 Å². The number of hydrogen-bond acceptors (Lipinski definition) is 1. The van der Waals surface area contributed by atoms with Crippen LogP contribution in [0.3, 0.4) is 0 Å². The largest absolute Gasteiger partial charge is 0.284 e. The Kier molecular flexibility index (Phi) is 3.70. The molecule has 4 rings (SSSR count). The maximum Gasteiger partial charge on any atom is 0.235 e. The van der Waals surface area contributed by atoms with Crippen molar-refractivity contribution in [2.45, 2.75) is 32.1 Å². The molecule has 0 atom stereocenters. The Morgan fingerprint density at radius 1 is 1.00 bits per heavy atom. The third-order valence-corrected chi connectivity index (χ3v) is 4.95. The lowest BCUT2D eigenvalue weighted by Crippen LogP contribution is -2.18. The Labute approximate surface area is 140 Å². The number of aromatic nitrogens is 1.